The first-order valence-corrected chi connectivity index (χ1v) is 10.6. The first-order valence-electron chi connectivity index (χ1n) is 10.6. The van der Waals surface area contributed by atoms with Gasteiger partial charge in [-0.1, -0.05) is 43.6 Å². The predicted molar refractivity (Wildman–Crippen MR) is 112 cm³/mol. The largest absolute Gasteiger partial charge is 2.00 e. The molecular weight excluding hydrogens is 726 g/mol. The average Bonchev–Trinajstić information content (AvgIpc) is 3.44. The molecule has 4 aromatic heterocycles. The van der Waals surface area contributed by atoms with Crippen molar-refractivity contribution in [3.05, 3.63) is 83.2 Å². The van der Waals surface area contributed by atoms with Gasteiger partial charge in [-0.25, -0.2) is 0 Å². The molecule has 0 fully saturated rings. The Hall–Kier alpha value is -3.22. The van der Waals surface area contributed by atoms with Crippen LogP contribution < -0.4 is 0 Å². The van der Waals surface area contributed by atoms with Gasteiger partial charge in [-0.2, -0.15) is 39.5 Å². The van der Waals surface area contributed by atoms with Crippen LogP contribution in [0.1, 0.15) is 48.3 Å². The number of aromatic nitrogens is 6. The van der Waals surface area contributed by atoms with E-state index in [0.29, 0.717) is 0 Å². The van der Waals surface area contributed by atoms with E-state index in [4.69, 9.17) is 0 Å². The number of hydrogen-bond acceptors (Lipinski definition) is 4. The summed E-state index contributed by atoms with van der Waals surface area (Å²) >= 11 is 0. The van der Waals surface area contributed by atoms with Gasteiger partial charge in [0.25, 0.3) is 0 Å². The molecule has 0 saturated heterocycles. The third-order valence-corrected chi connectivity index (χ3v) is 5.46. The molecule has 0 amide bonds. The van der Waals surface area contributed by atoms with Crippen LogP contribution in [-0.2, 0) is 45.0 Å². The van der Waals surface area contributed by atoms with Crippen molar-refractivity contribution in [2.75, 3.05) is 0 Å². The summed E-state index contributed by atoms with van der Waals surface area (Å²) in [6.07, 6.45) is -11.4. The van der Waals surface area contributed by atoms with E-state index in [-0.39, 0.29) is 48.7 Å². The van der Waals surface area contributed by atoms with Crippen LogP contribution in [0.3, 0.4) is 0 Å². The van der Waals surface area contributed by atoms with Gasteiger partial charge in [0.1, 0.15) is 5.82 Å². The van der Waals surface area contributed by atoms with Crippen molar-refractivity contribution in [2.45, 2.75) is 44.7 Å². The maximum Gasteiger partial charge on any atom is 2.00 e. The number of hydrogen-bond donors (Lipinski definition) is 0. The molecule has 210 valence electrons. The Morgan fingerprint density at radius 3 is 1.49 bits per heavy atom. The number of aryl methyl sites for hydroxylation is 1. The average molecular weight is 741 g/mol. The molecule has 0 atom stereocenters. The molecule has 0 N–H and O–H groups in total. The molecule has 4 rings (SSSR count). The fourth-order valence-electron chi connectivity index (χ4n) is 3.52. The van der Waals surface area contributed by atoms with Crippen molar-refractivity contribution in [2.24, 2.45) is 0 Å². The minimum absolute atomic E-state index is 0. The minimum atomic E-state index is -5.24. The van der Waals surface area contributed by atoms with E-state index in [0.717, 1.165) is 10.6 Å². The molecule has 4 aromatic rings. The Bertz CT molecular complexity index is 1480. The van der Waals surface area contributed by atoms with Crippen LogP contribution in [0.4, 0.5) is 39.5 Å². The Labute approximate surface area is 229 Å². The quantitative estimate of drug-likeness (QED) is 0.187. The smallest absolute Gasteiger partial charge is 0.450 e. The van der Waals surface area contributed by atoms with Gasteiger partial charge in [0.15, 0.2) is 0 Å². The zero-order valence-corrected chi connectivity index (χ0v) is 22.1. The van der Waals surface area contributed by atoms with Crippen LogP contribution in [-0.4, -0.2) is 29.1 Å². The summed E-state index contributed by atoms with van der Waals surface area (Å²) in [6, 6.07) is 8.17. The predicted octanol–water partition coefficient (Wildman–Crippen LogP) is 6.14. The second kappa shape index (κ2) is 10.1. The maximum absolute atomic E-state index is 13.5. The summed E-state index contributed by atoms with van der Waals surface area (Å²) in [6.45, 7) is 4.49. The second-order valence-electron chi connectivity index (χ2n) is 8.57. The Kier molecular flexibility index (Phi) is 7.83. The summed E-state index contributed by atoms with van der Waals surface area (Å²) in [5.74, 6) is -2.41. The molecule has 0 unspecified atom stereocenters. The van der Waals surface area contributed by atoms with Crippen molar-refractivity contribution in [3.63, 3.8) is 0 Å². The maximum atomic E-state index is 13.5. The monoisotopic (exact) mass is 741 g/mol. The minimum Gasteiger partial charge on any atom is -0.450 e. The third-order valence-electron chi connectivity index (χ3n) is 5.46. The molecule has 0 aliphatic heterocycles. The number of halogens is 9. The van der Waals surface area contributed by atoms with E-state index in [9.17, 15) is 39.5 Å². The molecule has 4 heterocycles. The number of alkyl halides is 9. The topological polar surface area (TPSA) is 61.4 Å². The van der Waals surface area contributed by atoms with Gasteiger partial charge in [-0.15, -0.1) is 0 Å². The second-order valence-corrected chi connectivity index (χ2v) is 8.57. The van der Waals surface area contributed by atoms with Gasteiger partial charge < -0.3 is 14.1 Å². The summed E-state index contributed by atoms with van der Waals surface area (Å²) < 4.78 is 120. The van der Waals surface area contributed by atoms with Crippen molar-refractivity contribution >= 4 is 0 Å². The van der Waals surface area contributed by atoms with E-state index in [1.165, 1.54) is 37.3 Å². The molecule has 0 spiro atoms. The zero-order chi connectivity index (χ0) is 28.3. The molecular formula is C23H15F9N6Pt. The molecule has 0 aromatic carbocycles. The van der Waals surface area contributed by atoms with Gasteiger partial charge in [0, 0.05) is 34.3 Å². The molecule has 39 heavy (non-hydrogen) atoms. The van der Waals surface area contributed by atoms with Gasteiger partial charge in [0.05, 0.1) is 11.4 Å². The molecule has 0 aliphatic rings. The third kappa shape index (κ3) is 6.02. The zero-order valence-electron chi connectivity index (χ0n) is 19.9. The standard InChI is InChI=1S/C23H15F9N6.Pt/c1-12-33-15(21(24,25)26)10-37(12)17-8-4-6-13(34-17)20(2,3)14-7-5-9-18(35-14)38-11-16(22(27,28)29)36-19(38)23(30,31)32;/h4-9H,1-3H3;/q-2;+2. The number of nitrogens with zero attached hydrogens (tertiary/aromatic N) is 6. The van der Waals surface area contributed by atoms with E-state index in [1.807, 2.05) is 0 Å². The van der Waals surface area contributed by atoms with Gasteiger partial charge >= 0.3 is 39.6 Å². The van der Waals surface area contributed by atoms with E-state index in [1.54, 1.807) is 20.0 Å². The Morgan fingerprint density at radius 1 is 0.615 bits per heavy atom. The molecule has 0 radical (unpaired) electrons. The SMILES string of the molecule is Cc1nc(C(F)(F)F)[c-]n1-c1cccc(C(C)(C)c2cccc(-n3[c-]c(C(F)(F)F)nc3C(F)(F)F)n2)n1.[Pt+2]. The summed E-state index contributed by atoms with van der Waals surface area (Å²) in [7, 11) is 0. The molecule has 0 aliphatic carbocycles. The number of imidazole rings is 2. The molecule has 0 saturated carbocycles. The van der Waals surface area contributed by atoms with E-state index in [2.05, 4.69) is 26.1 Å². The summed E-state index contributed by atoms with van der Waals surface area (Å²) in [5.41, 5.74) is -3.93. The molecule has 16 heteroatoms. The fraction of sp³-hybridized carbons (Fsp3) is 0.304. The van der Waals surface area contributed by atoms with Gasteiger partial charge in [-0.3, -0.25) is 15.0 Å². The van der Waals surface area contributed by atoms with Crippen LogP contribution >= 0.6 is 0 Å². The van der Waals surface area contributed by atoms with Gasteiger partial charge in [0.2, 0.25) is 0 Å². The van der Waals surface area contributed by atoms with Crippen LogP contribution in [0.25, 0.3) is 11.6 Å². The van der Waals surface area contributed by atoms with E-state index < -0.39 is 47.0 Å². The first kappa shape index (κ1) is 30.3. The number of pyridine rings is 2. The Morgan fingerprint density at radius 2 is 1.05 bits per heavy atom. The van der Waals surface area contributed by atoms with Crippen molar-refractivity contribution < 1.29 is 60.6 Å². The number of rotatable bonds is 4. The van der Waals surface area contributed by atoms with Crippen LogP contribution in [0.15, 0.2) is 36.4 Å². The van der Waals surface area contributed by atoms with Crippen molar-refractivity contribution in [1.82, 2.24) is 29.1 Å². The normalized spacial score (nSPS) is 12.9. The van der Waals surface area contributed by atoms with Crippen molar-refractivity contribution in [3.8, 4) is 11.6 Å². The molecule has 0 bridgehead atoms. The van der Waals surface area contributed by atoms with Crippen LogP contribution in [0.2, 0.25) is 0 Å². The van der Waals surface area contributed by atoms with Crippen LogP contribution in [0.5, 0.6) is 0 Å². The fourth-order valence-corrected chi connectivity index (χ4v) is 3.52. The summed E-state index contributed by atoms with van der Waals surface area (Å²) in [4.78, 5) is 14.6. The van der Waals surface area contributed by atoms with Gasteiger partial charge in [-0.05, 0) is 26.0 Å². The Balaban J connectivity index is 0.00000420. The van der Waals surface area contributed by atoms with Crippen LogP contribution in [0, 0.1) is 19.3 Å². The van der Waals surface area contributed by atoms with E-state index >= 15 is 0 Å². The first-order chi connectivity index (χ1) is 17.4. The summed E-state index contributed by atoms with van der Waals surface area (Å²) in [5, 5.41) is 0. The molecule has 6 nitrogen and oxygen atoms in total. The van der Waals surface area contributed by atoms with Crippen molar-refractivity contribution in [1.29, 1.82) is 0 Å².